The van der Waals surface area contributed by atoms with Gasteiger partial charge in [0.25, 0.3) is 0 Å². The van der Waals surface area contributed by atoms with Crippen molar-refractivity contribution in [3.8, 4) is 0 Å². The van der Waals surface area contributed by atoms with E-state index in [0.29, 0.717) is 23.1 Å². The van der Waals surface area contributed by atoms with Crippen LogP contribution < -0.4 is 0 Å². The van der Waals surface area contributed by atoms with Gasteiger partial charge >= 0.3 is 5.97 Å². The molecule has 126 valence electrons. The molecule has 0 aliphatic carbocycles. The van der Waals surface area contributed by atoms with Crippen molar-refractivity contribution < 1.29 is 9.90 Å². The van der Waals surface area contributed by atoms with E-state index >= 15 is 0 Å². The largest absolute Gasteiger partial charge is 0.481 e. The third-order valence-corrected chi connectivity index (χ3v) is 5.85. The molecule has 1 aliphatic heterocycles. The third-order valence-electron chi connectivity index (χ3n) is 4.03. The number of nitrogens with zero attached hydrogens (tertiary/aromatic N) is 1. The van der Waals surface area contributed by atoms with Gasteiger partial charge in [-0.25, -0.2) is 0 Å². The van der Waals surface area contributed by atoms with Gasteiger partial charge in [-0.3, -0.25) is 9.69 Å². The number of likely N-dealkylation sites (tertiary alicyclic amines) is 1. The fourth-order valence-electron chi connectivity index (χ4n) is 2.60. The average molecular weight is 382 g/mol. The monoisotopic (exact) mass is 381 g/mol. The summed E-state index contributed by atoms with van der Waals surface area (Å²) >= 11 is 13.7. The Bertz CT molecular complexity index is 730. The zero-order valence-corrected chi connectivity index (χ0v) is 15.2. The van der Waals surface area contributed by atoms with Gasteiger partial charge in [0.2, 0.25) is 0 Å². The van der Waals surface area contributed by atoms with E-state index in [-0.39, 0.29) is 5.92 Å². The summed E-state index contributed by atoms with van der Waals surface area (Å²) in [6.07, 6.45) is 0. The number of carbonyl (C=O) groups is 1. The summed E-state index contributed by atoms with van der Waals surface area (Å²) in [4.78, 5) is 14.1. The number of thioether (sulfide) groups is 1. The summed E-state index contributed by atoms with van der Waals surface area (Å²) in [7, 11) is 0. The van der Waals surface area contributed by atoms with Crippen LogP contribution in [-0.4, -0.2) is 29.1 Å². The number of hydrogen-bond donors (Lipinski definition) is 1. The van der Waals surface area contributed by atoms with Gasteiger partial charge < -0.3 is 5.11 Å². The molecule has 0 saturated carbocycles. The third kappa shape index (κ3) is 4.45. The Hall–Kier alpha value is -1.20. The summed E-state index contributed by atoms with van der Waals surface area (Å²) in [5.74, 6) is -0.0610. The Morgan fingerprint density at radius 1 is 1.08 bits per heavy atom. The Kier molecular flexibility index (Phi) is 5.72. The zero-order valence-electron chi connectivity index (χ0n) is 12.9. The minimum Gasteiger partial charge on any atom is -0.481 e. The van der Waals surface area contributed by atoms with Crippen molar-refractivity contribution in [2.45, 2.75) is 17.2 Å². The van der Waals surface area contributed by atoms with E-state index in [1.165, 1.54) is 10.5 Å². The van der Waals surface area contributed by atoms with Gasteiger partial charge in [0, 0.05) is 30.3 Å². The van der Waals surface area contributed by atoms with Crippen molar-refractivity contribution in [2.24, 2.45) is 5.92 Å². The highest BCUT2D eigenvalue weighted by Gasteiger charge is 2.31. The maximum atomic E-state index is 10.8. The van der Waals surface area contributed by atoms with E-state index in [0.717, 1.165) is 17.9 Å². The van der Waals surface area contributed by atoms with Crippen LogP contribution in [0.25, 0.3) is 0 Å². The molecule has 0 atom stereocenters. The number of aliphatic carboxylic acids is 1. The molecule has 3 nitrogen and oxygen atoms in total. The number of hydrogen-bond acceptors (Lipinski definition) is 3. The molecule has 0 spiro atoms. The quantitative estimate of drug-likeness (QED) is 0.729. The van der Waals surface area contributed by atoms with Crippen molar-refractivity contribution in [3.05, 3.63) is 63.6 Å². The van der Waals surface area contributed by atoms with Crippen molar-refractivity contribution >= 4 is 40.9 Å². The van der Waals surface area contributed by atoms with Gasteiger partial charge in [-0.1, -0.05) is 41.4 Å². The van der Waals surface area contributed by atoms with Crippen LogP contribution in [0.1, 0.15) is 11.1 Å². The molecule has 0 aromatic heterocycles. The second-order valence-electron chi connectivity index (χ2n) is 5.91. The number of rotatable bonds is 6. The lowest BCUT2D eigenvalue weighted by Crippen LogP contribution is -2.49. The van der Waals surface area contributed by atoms with Gasteiger partial charge in [0.05, 0.1) is 16.0 Å². The van der Waals surface area contributed by atoms with Crippen LogP contribution in [0.3, 0.4) is 0 Å². The smallest absolute Gasteiger partial charge is 0.309 e. The lowest BCUT2D eigenvalue weighted by Gasteiger charge is -2.36. The number of carboxylic acid groups (broad SMARTS) is 1. The lowest BCUT2D eigenvalue weighted by atomic mass is 10.00. The molecular formula is C18H17Cl2NO2S. The van der Waals surface area contributed by atoms with E-state index in [2.05, 4.69) is 29.2 Å². The highest BCUT2D eigenvalue weighted by atomic mass is 35.5. The van der Waals surface area contributed by atoms with Crippen LogP contribution in [0.15, 0.2) is 47.4 Å². The zero-order chi connectivity index (χ0) is 17.1. The van der Waals surface area contributed by atoms with Gasteiger partial charge in [0.15, 0.2) is 0 Å². The van der Waals surface area contributed by atoms with Gasteiger partial charge in [-0.05, 0) is 35.4 Å². The Morgan fingerprint density at radius 3 is 2.38 bits per heavy atom. The minimum atomic E-state index is -0.694. The summed E-state index contributed by atoms with van der Waals surface area (Å²) < 4.78 is 0. The van der Waals surface area contributed by atoms with E-state index in [1.807, 2.05) is 18.2 Å². The predicted molar refractivity (Wildman–Crippen MR) is 98.9 cm³/mol. The van der Waals surface area contributed by atoms with Crippen LogP contribution in [-0.2, 0) is 17.1 Å². The molecule has 3 rings (SSSR count). The summed E-state index contributed by atoms with van der Waals surface area (Å²) in [6, 6.07) is 14.1. The van der Waals surface area contributed by atoms with Gasteiger partial charge in [-0.2, -0.15) is 0 Å². The lowest BCUT2D eigenvalue weighted by molar-refractivity contribution is -0.147. The van der Waals surface area contributed by atoms with E-state index in [1.54, 1.807) is 11.8 Å². The molecule has 1 aliphatic rings. The van der Waals surface area contributed by atoms with Crippen LogP contribution >= 0.6 is 35.0 Å². The van der Waals surface area contributed by atoms with E-state index in [9.17, 15) is 4.79 Å². The second kappa shape index (κ2) is 7.79. The first kappa shape index (κ1) is 17.6. The Labute approximate surface area is 155 Å². The molecular weight excluding hydrogens is 365 g/mol. The predicted octanol–water partition coefficient (Wildman–Crippen LogP) is 4.80. The fourth-order valence-corrected chi connectivity index (χ4v) is 3.76. The summed E-state index contributed by atoms with van der Waals surface area (Å²) in [5, 5.41) is 10.1. The Morgan fingerprint density at radius 2 is 1.75 bits per heavy atom. The van der Waals surface area contributed by atoms with Crippen molar-refractivity contribution in [1.29, 1.82) is 0 Å². The first-order chi connectivity index (χ1) is 11.5. The standard InChI is InChI=1S/C18H17Cl2NO2S/c19-16-6-3-13(7-17(16)20)11-24-15-4-1-12(2-5-15)8-21-9-14(10-21)18(22)23/h1-7,14H,8-11H2,(H,22,23). The first-order valence-electron chi connectivity index (χ1n) is 7.62. The number of carboxylic acids is 1. The molecule has 24 heavy (non-hydrogen) atoms. The van der Waals surface area contributed by atoms with Crippen molar-refractivity contribution in [3.63, 3.8) is 0 Å². The molecule has 0 bridgehead atoms. The van der Waals surface area contributed by atoms with Crippen LogP contribution in [0.5, 0.6) is 0 Å². The molecule has 1 heterocycles. The highest BCUT2D eigenvalue weighted by Crippen LogP contribution is 2.28. The van der Waals surface area contributed by atoms with Crippen LogP contribution in [0.4, 0.5) is 0 Å². The number of benzene rings is 2. The van der Waals surface area contributed by atoms with Crippen LogP contribution in [0, 0.1) is 5.92 Å². The average Bonchev–Trinajstić information content (AvgIpc) is 2.52. The molecule has 2 aromatic rings. The molecule has 0 amide bonds. The molecule has 1 fully saturated rings. The van der Waals surface area contributed by atoms with Crippen molar-refractivity contribution in [1.82, 2.24) is 4.90 Å². The first-order valence-corrected chi connectivity index (χ1v) is 9.36. The Balaban J connectivity index is 1.49. The summed E-state index contributed by atoms with van der Waals surface area (Å²) in [6.45, 7) is 2.09. The molecule has 1 N–H and O–H groups in total. The van der Waals surface area contributed by atoms with E-state index in [4.69, 9.17) is 28.3 Å². The molecule has 0 unspecified atom stereocenters. The summed E-state index contributed by atoms with van der Waals surface area (Å²) in [5.41, 5.74) is 2.34. The SMILES string of the molecule is O=C(O)C1CN(Cc2ccc(SCc3ccc(Cl)c(Cl)c3)cc2)C1. The van der Waals surface area contributed by atoms with E-state index < -0.39 is 5.97 Å². The molecule has 2 aromatic carbocycles. The maximum Gasteiger partial charge on any atom is 0.309 e. The highest BCUT2D eigenvalue weighted by molar-refractivity contribution is 7.98. The second-order valence-corrected chi connectivity index (χ2v) is 7.77. The van der Waals surface area contributed by atoms with Crippen molar-refractivity contribution in [2.75, 3.05) is 13.1 Å². The maximum absolute atomic E-state index is 10.8. The molecule has 1 saturated heterocycles. The van der Waals surface area contributed by atoms with Crippen LogP contribution in [0.2, 0.25) is 10.0 Å². The normalized spacial score (nSPS) is 15.2. The van der Waals surface area contributed by atoms with Gasteiger partial charge in [0.1, 0.15) is 0 Å². The molecule has 6 heteroatoms. The minimum absolute atomic E-state index is 0.203. The topological polar surface area (TPSA) is 40.5 Å². The molecule has 0 radical (unpaired) electrons. The fraction of sp³-hybridized carbons (Fsp3) is 0.278. The number of halogens is 2. The van der Waals surface area contributed by atoms with Gasteiger partial charge in [-0.15, -0.1) is 11.8 Å².